The van der Waals surface area contributed by atoms with E-state index in [9.17, 15) is 4.79 Å². The van der Waals surface area contributed by atoms with Crippen molar-refractivity contribution < 1.29 is 14.7 Å². The van der Waals surface area contributed by atoms with Crippen molar-refractivity contribution in [1.82, 2.24) is 5.32 Å². The van der Waals surface area contributed by atoms with Crippen LogP contribution in [0.1, 0.15) is 13.3 Å². The highest BCUT2D eigenvalue weighted by Gasteiger charge is 2.19. The highest BCUT2D eigenvalue weighted by Crippen LogP contribution is 2.08. The molecule has 1 rings (SSSR count). The Morgan fingerprint density at radius 3 is 2.50 bits per heavy atom. The van der Waals surface area contributed by atoms with E-state index in [4.69, 9.17) is 9.90 Å². The highest BCUT2D eigenvalue weighted by molar-refractivity contribution is 5.82. The molecule has 0 aromatic carbocycles. The van der Waals surface area contributed by atoms with Crippen molar-refractivity contribution in [3.63, 3.8) is 0 Å². The molecule has 0 aromatic rings. The van der Waals surface area contributed by atoms with Gasteiger partial charge in [0, 0.05) is 13.5 Å². The van der Waals surface area contributed by atoms with Gasteiger partial charge in [0.1, 0.15) is 0 Å². The van der Waals surface area contributed by atoms with Gasteiger partial charge in [0.2, 0.25) is 5.91 Å². The largest absolute Gasteiger partial charge is 0.481 e. The van der Waals surface area contributed by atoms with E-state index in [1.165, 1.54) is 0 Å². The first-order valence-corrected chi connectivity index (χ1v) is 3.67. The normalized spacial score (nSPS) is 20.4. The van der Waals surface area contributed by atoms with E-state index in [1.807, 2.05) is 0 Å². The third kappa shape index (κ3) is 4.49. The van der Waals surface area contributed by atoms with E-state index in [0.717, 1.165) is 19.9 Å². The van der Waals surface area contributed by atoms with Crippen molar-refractivity contribution in [2.24, 2.45) is 5.92 Å². The van der Waals surface area contributed by atoms with Crippen molar-refractivity contribution >= 4 is 11.9 Å². The van der Waals surface area contributed by atoms with E-state index < -0.39 is 5.97 Å². The zero-order chi connectivity index (χ0) is 9.56. The maximum absolute atomic E-state index is 10.6. The van der Waals surface area contributed by atoms with Gasteiger partial charge in [-0.25, -0.2) is 0 Å². The average molecular weight is 171 g/mol. The fourth-order valence-corrected chi connectivity index (χ4v) is 0.838. The van der Waals surface area contributed by atoms with Gasteiger partial charge in [-0.1, -0.05) is 6.08 Å². The zero-order valence-electron chi connectivity index (χ0n) is 7.04. The van der Waals surface area contributed by atoms with Crippen molar-refractivity contribution in [3.05, 3.63) is 12.7 Å². The lowest BCUT2D eigenvalue weighted by molar-refractivity contribution is -0.134. The van der Waals surface area contributed by atoms with Gasteiger partial charge in [-0.3, -0.25) is 9.59 Å². The minimum atomic E-state index is -0.833. The predicted octanol–water partition coefficient (Wildman–Crippen LogP) is 0.399. The number of nitrogens with one attached hydrogen (secondary N) is 1. The summed E-state index contributed by atoms with van der Waals surface area (Å²) in [5, 5.41) is 10.1. The number of carboxylic acid groups (broad SMARTS) is 1. The molecule has 1 fully saturated rings. The molecule has 12 heavy (non-hydrogen) atoms. The first kappa shape index (κ1) is 10.7. The summed E-state index contributed by atoms with van der Waals surface area (Å²) in [7, 11) is 0. The van der Waals surface area contributed by atoms with E-state index in [2.05, 4.69) is 11.9 Å². The third-order valence-corrected chi connectivity index (χ3v) is 1.38. The van der Waals surface area contributed by atoms with Crippen LogP contribution in [0.15, 0.2) is 12.7 Å². The smallest absolute Gasteiger partial charge is 0.300 e. The lowest BCUT2D eigenvalue weighted by Crippen LogP contribution is -2.17. The number of carbonyl (C=O) groups is 2. The predicted molar refractivity (Wildman–Crippen MR) is 44.6 cm³/mol. The van der Waals surface area contributed by atoms with Crippen LogP contribution in [0, 0.1) is 5.92 Å². The van der Waals surface area contributed by atoms with Crippen LogP contribution >= 0.6 is 0 Å². The molecule has 0 radical (unpaired) electrons. The number of rotatable bonds is 1. The first-order valence-electron chi connectivity index (χ1n) is 3.67. The molecule has 4 nitrogen and oxygen atoms in total. The van der Waals surface area contributed by atoms with Crippen LogP contribution in [0.3, 0.4) is 0 Å². The molecule has 0 aliphatic carbocycles. The number of aliphatic carboxylic acids is 1. The molecule has 4 heteroatoms. The Kier molecular flexibility index (Phi) is 4.76. The number of carboxylic acids is 1. The molecular formula is C8H13NO3. The molecule has 2 N–H and O–H groups in total. The fourth-order valence-electron chi connectivity index (χ4n) is 0.838. The fraction of sp³-hybridized carbons (Fsp3) is 0.500. The Labute approximate surface area is 71.3 Å². The van der Waals surface area contributed by atoms with Gasteiger partial charge in [-0.05, 0) is 6.42 Å². The Morgan fingerprint density at radius 1 is 1.83 bits per heavy atom. The van der Waals surface area contributed by atoms with Gasteiger partial charge in [-0.15, -0.1) is 6.58 Å². The molecule has 1 atom stereocenters. The molecule has 1 aliphatic heterocycles. The quantitative estimate of drug-likeness (QED) is 0.561. The molecule has 1 heterocycles. The van der Waals surface area contributed by atoms with Crippen LogP contribution in [-0.2, 0) is 9.59 Å². The van der Waals surface area contributed by atoms with Crippen LogP contribution < -0.4 is 5.32 Å². The molecule has 1 unspecified atom stereocenters. The first-order chi connectivity index (χ1) is 5.57. The summed E-state index contributed by atoms with van der Waals surface area (Å²) in [6, 6.07) is 0. The van der Waals surface area contributed by atoms with Gasteiger partial charge >= 0.3 is 0 Å². The van der Waals surface area contributed by atoms with Gasteiger partial charge < -0.3 is 10.4 Å². The summed E-state index contributed by atoms with van der Waals surface area (Å²) >= 11 is 0. The Balaban J connectivity index is 0.000000261. The summed E-state index contributed by atoms with van der Waals surface area (Å²) < 4.78 is 0. The topological polar surface area (TPSA) is 66.4 Å². The molecule has 1 amide bonds. The number of amides is 1. The molecule has 0 spiro atoms. The summed E-state index contributed by atoms with van der Waals surface area (Å²) in [6.07, 6.45) is 2.62. The number of hydrogen-bond donors (Lipinski definition) is 2. The van der Waals surface area contributed by atoms with E-state index in [1.54, 1.807) is 6.08 Å². The van der Waals surface area contributed by atoms with Gasteiger partial charge in [0.05, 0.1) is 5.92 Å². The maximum Gasteiger partial charge on any atom is 0.300 e. The standard InChI is InChI=1S/C6H9NO.C2H4O2/c1-2-5-3-4-7-6(5)8;1-2(3)4/h2,5H,1,3-4H2,(H,7,8);1H3,(H,3,4). The molecule has 0 bridgehead atoms. The van der Waals surface area contributed by atoms with E-state index in [0.29, 0.717) is 0 Å². The van der Waals surface area contributed by atoms with E-state index in [-0.39, 0.29) is 11.8 Å². The van der Waals surface area contributed by atoms with Crippen LogP contribution in [0.5, 0.6) is 0 Å². The molecule has 1 aliphatic rings. The van der Waals surface area contributed by atoms with Crippen LogP contribution in [0.2, 0.25) is 0 Å². The van der Waals surface area contributed by atoms with Crippen LogP contribution in [0.25, 0.3) is 0 Å². The van der Waals surface area contributed by atoms with Gasteiger partial charge in [0.15, 0.2) is 0 Å². The zero-order valence-corrected chi connectivity index (χ0v) is 7.04. The van der Waals surface area contributed by atoms with E-state index >= 15 is 0 Å². The minimum absolute atomic E-state index is 0.0787. The highest BCUT2D eigenvalue weighted by atomic mass is 16.4. The van der Waals surface area contributed by atoms with Gasteiger partial charge in [0.25, 0.3) is 5.97 Å². The molecule has 0 aromatic heterocycles. The summed E-state index contributed by atoms with van der Waals surface area (Å²) in [6.45, 7) is 5.43. The SMILES string of the molecule is C=CC1CCNC1=O.CC(=O)O. The Bertz CT molecular complexity index is 185. The Hall–Kier alpha value is -1.32. The van der Waals surface area contributed by atoms with Crippen molar-refractivity contribution in [2.75, 3.05) is 6.54 Å². The number of hydrogen-bond acceptors (Lipinski definition) is 2. The van der Waals surface area contributed by atoms with Gasteiger partial charge in [-0.2, -0.15) is 0 Å². The monoisotopic (exact) mass is 171 g/mol. The Morgan fingerprint density at radius 2 is 2.33 bits per heavy atom. The van der Waals surface area contributed by atoms with Crippen molar-refractivity contribution in [3.8, 4) is 0 Å². The lowest BCUT2D eigenvalue weighted by Gasteiger charge is -1.93. The minimum Gasteiger partial charge on any atom is -0.481 e. The summed E-state index contributed by atoms with van der Waals surface area (Å²) in [5.41, 5.74) is 0. The molecule has 68 valence electrons. The van der Waals surface area contributed by atoms with Crippen molar-refractivity contribution in [1.29, 1.82) is 0 Å². The molecule has 1 saturated heterocycles. The summed E-state index contributed by atoms with van der Waals surface area (Å²) in [5.74, 6) is -0.630. The second-order valence-corrected chi connectivity index (χ2v) is 2.44. The molecular weight excluding hydrogens is 158 g/mol. The third-order valence-electron chi connectivity index (χ3n) is 1.38. The van der Waals surface area contributed by atoms with Crippen molar-refractivity contribution in [2.45, 2.75) is 13.3 Å². The second-order valence-electron chi connectivity index (χ2n) is 2.44. The maximum atomic E-state index is 10.6. The van der Waals surface area contributed by atoms with Crippen LogP contribution in [0.4, 0.5) is 0 Å². The average Bonchev–Trinajstić information content (AvgIpc) is 2.33. The van der Waals surface area contributed by atoms with Crippen LogP contribution in [-0.4, -0.2) is 23.5 Å². The molecule has 0 saturated carbocycles. The summed E-state index contributed by atoms with van der Waals surface area (Å²) in [4.78, 5) is 19.6. The lowest BCUT2D eigenvalue weighted by atomic mass is 10.1. The number of carbonyl (C=O) groups excluding carboxylic acids is 1. The second kappa shape index (κ2) is 5.35.